The van der Waals surface area contributed by atoms with Crippen LogP contribution < -0.4 is 15.8 Å². The largest absolute Gasteiger partial charge is 0.495 e. The molecule has 1 fully saturated rings. The number of halogens is 1. The molecule has 0 radical (unpaired) electrons. The average Bonchev–Trinajstić information content (AvgIpc) is 3.48. The highest BCUT2D eigenvalue weighted by Gasteiger charge is 2.31. The molecule has 3 aromatic rings. The number of aromatic nitrogens is 4. The van der Waals surface area contributed by atoms with Crippen LogP contribution in [-0.4, -0.2) is 39.6 Å². The van der Waals surface area contributed by atoms with Gasteiger partial charge in [0.15, 0.2) is 23.0 Å². The summed E-state index contributed by atoms with van der Waals surface area (Å²) < 4.78 is 20.7. The fraction of sp³-hybridized carbons (Fsp3) is 0.400. The number of pyridine rings is 1. The van der Waals surface area contributed by atoms with Gasteiger partial charge in [0.25, 0.3) is 5.91 Å². The van der Waals surface area contributed by atoms with Crippen molar-refractivity contribution in [3.63, 3.8) is 0 Å². The molecule has 0 atom stereocenters. The minimum absolute atomic E-state index is 0.0219. The normalized spacial score (nSPS) is 13.0. The number of rotatable bonds is 5. The number of hydrogen-bond donors (Lipinski definition) is 2. The molecule has 1 aliphatic carbocycles. The Morgan fingerprint density at radius 1 is 1.34 bits per heavy atom. The number of hydrogen-bond acceptors (Lipinski definition) is 6. The van der Waals surface area contributed by atoms with Crippen molar-refractivity contribution in [3.8, 4) is 17.1 Å². The number of amides is 1. The van der Waals surface area contributed by atoms with E-state index < -0.39 is 11.7 Å². The van der Waals surface area contributed by atoms with Crippen molar-refractivity contribution < 1.29 is 13.9 Å². The van der Waals surface area contributed by atoms with E-state index in [-0.39, 0.29) is 11.5 Å². The van der Waals surface area contributed by atoms with E-state index in [4.69, 9.17) is 10.5 Å². The minimum Gasteiger partial charge on any atom is -0.495 e. The zero-order valence-corrected chi connectivity index (χ0v) is 17.0. The first kappa shape index (κ1) is 20.5. The monoisotopic (exact) mass is 400 g/mol. The Bertz CT molecular complexity index is 1050. The van der Waals surface area contributed by atoms with Crippen LogP contribution in [0.15, 0.2) is 18.2 Å². The van der Waals surface area contributed by atoms with Crippen molar-refractivity contribution in [2.24, 2.45) is 5.73 Å². The summed E-state index contributed by atoms with van der Waals surface area (Å²) in [6, 6.07) is 4.46. The fourth-order valence-corrected chi connectivity index (χ4v) is 2.93. The average molecular weight is 400 g/mol. The highest BCUT2D eigenvalue weighted by Crippen LogP contribution is 2.43. The van der Waals surface area contributed by atoms with Crippen LogP contribution in [0.2, 0.25) is 0 Å². The third-order valence-electron chi connectivity index (χ3n) is 4.34. The topological polar surface area (TPSA) is 107 Å². The van der Waals surface area contributed by atoms with Crippen LogP contribution in [-0.2, 0) is 0 Å². The minimum atomic E-state index is -0.713. The van der Waals surface area contributed by atoms with Crippen LogP contribution in [0.5, 0.6) is 5.75 Å². The Morgan fingerprint density at radius 3 is 2.59 bits per heavy atom. The van der Waals surface area contributed by atoms with Crippen molar-refractivity contribution in [1.29, 1.82) is 0 Å². The van der Waals surface area contributed by atoms with Gasteiger partial charge in [-0.1, -0.05) is 20.3 Å². The standard InChI is InChI=1S/C17H17FN6O2.C3H8/c1-20-17-9(18)5-6-10(21-17)15-14(16(19)25)22-12-7-11(26-2)13(8-3-4-8)23-24(12)15;1-3-2/h5-8H,3-4H2,1-2H3,(H2,19,25)(H,20,21);3H2,1-2H3. The second-order valence-corrected chi connectivity index (χ2v) is 6.80. The van der Waals surface area contributed by atoms with Gasteiger partial charge >= 0.3 is 0 Å². The van der Waals surface area contributed by atoms with Crippen molar-refractivity contribution in [3.05, 3.63) is 35.4 Å². The van der Waals surface area contributed by atoms with E-state index in [1.807, 2.05) is 0 Å². The SMILES string of the molecule is CCC.CNc1nc(-c2c(C(N)=O)nc3cc(OC)c(C4CC4)nn23)ccc1F. The van der Waals surface area contributed by atoms with Crippen molar-refractivity contribution in [2.45, 2.75) is 39.0 Å². The molecule has 0 bridgehead atoms. The number of primary amides is 1. The Hall–Kier alpha value is -3.23. The highest BCUT2D eigenvalue weighted by atomic mass is 19.1. The maximum absolute atomic E-state index is 13.8. The Kier molecular flexibility index (Phi) is 5.95. The lowest BCUT2D eigenvalue weighted by Gasteiger charge is -2.09. The Balaban J connectivity index is 0.000000755. The van der Waals surface area contributed by atoms with Gasteiger partial charge in [-0.2, -0.15) is 5.10 Å². The zero-order chi connectivity index (χ0) is 21.1. The number of carbonyl (C=O) groups excluding carboxylic acids is 1. The van der Waals surface area contributed by atoms with E-state index in [1.54, 1.807) is 20.2 Å². The van der Waals surface area contributed by atoms with Crippen molar-refractivity contribution >= 4 is 17.4 Å². The molecule has 0 saturated heterocycles. The first-order valence-electron chi connectivity index (χ1n) is 9.57. The first-order chi connectivity index (χ1) is 13.9. The molecule has 3 heterocycles. The van der Waals surface area contributed by atoms with Gasteiger partial charge in [-0.15, -0.1) is 0 Å². The molecule has 0 spiro atoms. The van der Waals surface area contributed by atoms with Crippen LogP contribution >= 0.6 is 0 Å². The molecule has 3 aromatic heterocycles. The zero-order valence-electron chi connectivity index (χ0n) is 17.0. The maximum atomic E-state index is 13.8. The van der Waals surface area contributed by atoms with Crippen molar-refractivity contribution in [1.82, 2.24) is 19.6 Å². The molecule has 154 valence electrons. The molecule has 4 rings (SSSR count). The number of methoxy groups -OCH3 is 1. The second-order valence-electron chi connectivity index (χ2n) is 6.80. The van der Waals surface area contributed by atoms with Crippen LogP contribution in [0.1, 0.15) is 55.2 Å². The van der Waals surface area contributed by atoms with Gasteiger partial charge in [-0.05, 0) is 25.0 Å². The van der Waals surface area contributed by atoms with Gasteiger partial charge < -0.3 is 15.8 Å². The predicted molar refractivity (Wildman–Crippen MR) is 109 cm³/mol. The lowest BCUT2D eigenvalue weighted by atomic mass is 10.2. The quantitative estimate of drug-likeness (QED) is 0.680. The highest BCUT2D eigenvalue weighted by molar-refractivity contribution is 5.98. The van der Waals surface area contributed by atoms with E-state index in [0.717, 1.165) is 18.5 Å². The lowest BCUT2D eigenvalue weighted by molar-refractivity contribution is 0.0996. The number of fused-ring (bicyclic) bond motifs is 1. The number of carbonyl (C=O) groups is 1. The summed E-state index contributed by atoms with van der Waals surface area (Å²) in [6.07, 6.45) is 3.31. The maximum Gasteiger partial charge on any atom is 0.269 e. The van der Waals surface area contributed by atoms with E-state index >= 15 is 0 Å². The Labute approximate surface area is 168 Å². The molecule has 29 heavy (non-hydrogen) atoms. The van der Waals surface area contributed by atoms with E-state index in [0.29, 0.717) is 28.7 Å². The van der Waals surface area contributed by atoms with Gasteiger partial charge in [-0.3, -0.25) is 4.79 Å². The summed E-state index contributed by atoms with van der Waals surface area (Å²) in [7, 11) is 3.13. The summed E-state index contributed by atoms with van der Waals surface area (Å²) in [4.78, 5) is 20.5. The summed E-state index contributed by atoms with van der Waals surface area (Å²) in [6.45, 7) is 4.25. The summed E-state index contributed by atoms with van der Waals surface area (Å²) in [5.74, 6) is -0.219. The predicted octanol–water partition coefficient (Wildman–Crippen LogP) is 3.37. The molecular formula is C20H25FN6O2. The number of anilines is 1. The molecule has 1 amide bonds. The molecular weight excluding hydrogens is 375 g/mol. The van der Waals surface area contributed by atoms with E-state index in [1.165, 1.54) is 23.1 Å². The van der Waals surface area contributed by atoms with Crippen LogP contribution in [0.4, 0.5) is 10.2 Å². The van der Waals surface area contributed by atoms with E-state index in [2.05, 4.69) is 34.2 Å². The smallest absolute Gasteiger partial charge is 0.269 e. The van der Waals surface area contributed by atoms with Gasteiger partial charge in [0.05, 0.1) is 12.8 Å². The number of ether oxygens (including phenoxy) is 1. The summed E-state index contributed by atoms with van der Waals surface area (Å²) >= 11 is 0. The molecule has 0 aromatic carbocycles. The second kappa shape index (κ2) is 8.42. The van der Waals surface area contributed by atoms with Crippen LogP contribution in [0.25, 0.3) is 17.0 Å². The third kappa shape index (κ3) is 3.98. The molecule has 8 nitrogen and oxygen atoms in total. The molecule has 1 aliphatic rings. The summed E-state index contributed by atoms with van der Waals surface area (Å²) in [5.41, 5.74) is 7.41. The van der Waals surface area contributed by atoms with E-state index in [9.17, 15) is 9.18 Å². The number of nitrogens with zero attached hydrogens (tertiary/aromatic N) is 4. The lowest BCUT2D eigenvalue weighted by Crippen LogP contribution is -2.13. The van der Waals surface area contributed by atoms with Gasteiger partial charge in [0, 0.05) is 19.0 Å². The fourth-order valence-electron chi connectivity index (χ4n) is 2.93. The summed E-state index contributed by atoms with van der Waals surface area (Å²) in [5, 5.41) is 7.31. The van der Waals surface area contributed by atoms with Crippen LogP contribution in [0.3, 0.4) is 0 Å². The van der Waals surface area contributed by atoms with Crippen molar-refractivity contribution in [2.75, 3.05) is 19.5 Å². The molecule has 3 N–H and O–H groups in total. The number of nitrogens with one attached hydrogen (secondary N) is 1. The Morgan fingerprint density at radius 2 is 2.03 bits per heavy atom. The number of imidazole rings is 1. The van der Waals surface area contributed by atoms with Gasteiger partial charge in [-0.25, -0.2) is 18.9 Å². The molecule has 9 heteroatoms. The first-order valence-corrected chi connectivity index (χ1v) is 9.57. The van der Waals surface area contributed by atoms with Gasteiger partial charge in [0.1, 0.15) is 17.1 Å². The van der Waals surface area contributed by atoms with Gasteiger partial charge in [0.2, 0.25) is 0 Å². The van der Waals surface area contributed by atoms with Crippen LogP contribution in [0, 0.1) is 5.82 Å². The third-order valence-corrected chi connectivity index (χ3v) is 4.34. The molecule has 0 aliphatic heterocycles. The number of nitrogens with two attached hydrogens (primary N) is 1. The molecule has 1 saturated carbocycles. The molecule has 0 unspecified atom stereocenters.